The number of nitrogens with one attached hydrogen (secondary N) is 1. The summed E-state index contributed by atoms with van der Waals surface area (Å²) in [5, 5.41) is 0. The molecule has 2 saturated heterocycles. The summed E-state index contributed by atoms with van der Waals surface area (Å²) < 4.78 is 36.0. The van der Waals surface area contributed by atoms with Crippen LogP contribution in [-0.2, 0) is 14.8 Å². The molecule has 1 N–H and O–H groups in total. The van der Waals surface area contributed by atoms with Crippen molar-refractivity contribution in [2.45, 2.75) is 6.10 Å². The summed E-state index contributed by atoms with van der Waals surface area (Å²) >= 11 is 0. The van der Waals surface area contributed by atoms with Crippen molar-refractivity contribution >= 4 is 15.8 Å². The Bertz CT molecular complexity index is 639. The van der Waals surface area contributed by atoms with Crippen LogP contribution in [-0.4, -0.2) is 64.1 Å². The van der Waals surface area contributed by atoms with Gasteiger partial charge in [0.25, 0.3) is 0 Å². The molecule has 0 spiro atoms. The number of fused-ring (bicyclic) bond motifs is 1. The predicted molar refractivity (Wildman–Crippen MR) is 80.4 cm³/mol. The van der Waals surface area contributed by atoms with E-state index < -0.39 is 10.0 Å². The summed E-state index contributed by atoms with van der Waals surface area (Å²) in [6.45, 7) is 2.56. The third-order valence-corrected chi connectivity index (χ3v) is 4.90. The van der Waals surface area contributed by atoms with Crippen molar-refractivity contribution in [2.24, 2.45) is 11.8 Å². The van der Waals surface area contributed by atoms with Crippen molar-refractivity contribution in [1.82, 2.24) is 14.7 Å². The fourth-order valence-electron chi connectivity index (χ4n) is 3.07. The third-order valence-electron chi connectivity index (χ3n) is 4.21. The summed E-state index contributed by atoms with van der Waals surface area (Å²) in [6, 6.07) is 1.80. The highest BCUT2D eigenvalue weighted by Crippen LogP contribution is 2.35. The van der Waals surface area contributed by atoms with Crippen LogP contribution in [0.3, 0.4) is 0 Å². The van der Waals surface area contributed by atoms with Gasteiger partial charge in [-0.2, -0.15) is 0 Å². The molecule has 2 aliphatic rings. The second-order valence-corrected chi connectivity index (χ2v) is 7.57. The van der Waals surface area contributed by atoms with Gasteiger partial charge in [0.05, 0.1) is 26.1 Å². The lowest BCUT2D eigenvalue weighted by Crippen LogP contribution is -2.33. The maximum absolute atomic E-state index is 11.2. The monoisotopic (exact) mass is 328 g/mol. The van der Waals surface area contributed by atoms with E-state index >= 15 is 0 Å². The Hall–Kier alpha value is -1.45. The molecule has 8 nitrogen and oxygen atoms in total. The van der Waals surface area contributed by atoms with Crippen LogP contribution in [0.1, 0.15) is 0 Å². The van der Waals surface area contributed by atoms with Gasteiger partial charge in [-0.15, -0.1) is 0 Å². The maximum atomic E-state index is 11.2. The minimum atomic E-state index is -3.17. The first-order valence-corrected chi connectivity index (χ1v) is 9.02. The van der Waals surface area contributed by atoms with Crippen molar-refractivity contribution in [1.29, 1.82) is 0 Å². The van der Waals surface area contributed by atoms with E-state index in [0.717, 1.165) is 18.9 Å². The van der Waals surface area contributed by atoms with Gasteiger partial charge in [-0.1, -0.05) is 0 Å². The van der Waals surface area contributed by atoms with Gasteiger partial charge in [0, 0.05) is 37.5 Å². The molecule has 1 aromatic rings. The number of sulfonamides is 1. The summed E-state index contributed by atoms with van der Waals surface area (Å²) in [6.07, 6.45) is 2.77. The minimum Gasteiger partial charge on any atom is -0.481 e. The van der Waals surface area contributed by atoms with Crippen LogP contribution >= 0.6 is 0 Å². The minimum absolute atomic E-state index is 0.118. The number of rotatable bonds is 5. The first-order valence-electron chi connectivity index (χ1n) is 7.13. The van der Waals surface area contributed by atoms with E-state index in [9.17, 15) is 8.42 Å². The Kier molecular flexibility index (Phi) is 4.20. The van der Waals surface area contributed by atoms with E-state index in [0.29, 0.717) is 24.9 Å². The van der Waals surface area contributed by atoms with E-state index in [1.807, 2.05) is 0 Å². The molecular weight excluding hydrogens is 308 g/mol. The molecular formula is C13H20N4O4S. The van der Waals surface area contributed by atoms with E-state index in [2.05, 4.69) is 19.6 Å². The second kappa shape index (κ2) is 5.98. The topological polar surface area (TPSA) is 93.7 Å². The van der Waals surface area contributed by atoms with Crippen molar-refractivity contribution in [3.8, 4) is 5.88 Å². The van der Waals surface area contributed by atoms with Gasteiger partial charge in [-0.25, -0.2) is 23.1 Å². The van der Waals surface area contributed by atoms with E-state index in [1.54, 1.807) is 13.2 Å². The Morgan fingerprint density at radius 2 is 2.27 bits per heavy atom. The van der Waals surface area contributed by atoms with Crippen LogP contribution in [0, 0.1) is 11.8 Å². The number of methoxy groups -OCH3 is 1. The summed E-state index contributed by atoms with van der Waals surface area (Å²) in [5.74, 6) is 1.82. The van der Waals surface area contributed by atoms with Gasteiger partial charge in [-0.3, -0.25) is 0 Å². The van der Waals surface area contributed by atoms with Crippen LogP contribution in [0.25, 0.3) is 0 Å². The zero-order valence-corrected chi connectivity index (χ0v) is 13.4. The quantitative estimate of drug-likeness (QED) is 0.778. The molecule has 3 atom stereocenters. The van der Waals surface area contributed by atoms with Crippen molar-refractivity contribution in [2.75, 3.05) is 44.5 Å². The molecule has 0 amide bonds. The van der Waals surface area contributed by atoms with Crippen LogP contribution in [0.2, 0.25) is 0 Å². The molecule has 1 aromatic heterocycles. The molecule has 2 fully saturated rings. The second-order valence-electron chi connectivity index (χ2n) is 5.74. The molecule has 122 valence electrons. The molecule has 3 rings (SSSR count). The number of ether oxygens (including phenoxy) is 2. The van der Waals surface area contributed by atoms with Gasteiger partial charge in [0.1, 0.15) is 12.1 Å². The normalized spacial score (nSPS) is 27.9. The lowest BCUT2D eigenvalue weighted by Gasteiger charge is -2.20. The van der Waals surface area contributed by atoms with Gasteiger partial charge >= 0.3 is 0 Å². The van der Waals surface area contributed by atoms with Crippen molar-refractivity contribution < 1.29 is 17.9 Å². The van der Waals surface area contributed by atoms with Gasteiger partial charge in [0.2, 0.25) is 15.9 Å². The first kappa shape index (κ1) is 15.4. The largest absolute Gasteiger partial charge is 0.481 e. The Labute approximate surface area is 129 Å². The van der Waals surface area contributed by atoms with Crippen molar-refractivity contribution in [3.63, 3.8) is 0 Å². The molecule has 0 bridgehead atoms. The van der Waals surface area contributed by atoms with E-state index in [-0.39, 0.29) is 12.0 Å². The number of nitrogens with zero attached hydrogens (tertiary/aromatic N) is 3. The van der Waals surface area contributed by atoms with Crippen molar-refractivity contribution in [3.05, 3.63) is 12.4 Å². The highest BCUT2D eigenvalue weighted by molar-refractivity contribution is 7.88. The SMILES string of the molecule is COc1cc(N2C[C@@H]3[C@H](CNS(C)(=O)=O)CO[C@@H]3C2)ncn1. The number of hydrogen-bond acceptors (Lipinski definition) is 7. The molecule has 0 unspecified atom stereocenters. The molecule has 0 saturated carbocycles. The molecule has 2 aliphatic heterocycles. The predicted octanol–water partition coefficient (Wildman–Crippen LogP) is -0.514. The Morgan fingerprint density at radius 1 is 1.45 bits per heavy atom. The standard InChI is InChI=1S/C13H20N4O4S/c1-20-13-3-12(14-8-15-13)17-5-10-9(4-16-22(2,18)19)7-21-11(10)6-17/h3,8-11,16H,4-7H2,1-2H3/t9-,10-,11-/m1/s1. The fraction of sp³-hybridized carbons (Fsp3) is 0.692. The molecule has 0 radical (unpaired) electrons. The number of hydrogen-bond donors (Lipinski definition) is 1. The van der Waals surface area contributed by atoms with Gasteiger partial charge < -0.3 is 14.4 Å². The van der Waals surface area contributed by atoms with Crippen LogP contribution in [0.15, 0.2) is 12.4 Å². The highest BCUT2D eigenvalue weighted by Gasteiger charge is 2.44. The van der Waals surface area contributed by atoms with Crippen LogP contribution in [0.5, 0.6) is 5.88 Å². The molecule has 22 heavy (non-hydrogen) atoms. The molecule has 0 aliphatic carbocycles. The fourth-order valence-corrected chi connectivity index (χ4v) is 3.59. The average molecular weight is 328 g/mol. The van der Waals surface area contributed by atoms with E-state index in [1.165, 1.54) is 12.6 Å². The Balaban J connectivity index is 1.66. The smallest absolute Gasteiger partial charge is 0.218 e. The highest BCUT2D eigenvalue weighted by atomic mass is 32.2. The zero-order valence-electron chi connectivity index (χ0n) is 12.6. The average Bonchev–Trinajstić information content (AvgIpc) is 3.05. The van der Waals surface area contributed by atoms with E-state index in [4.69, 9.17) is 9.47 Å². The summed E-state index contributed by atoms with van der Waals surface area (Å²) in [7, 11) is -1.60. The van der Waals surface area contributed by atoms with Crippen LogP contribution < -0.4 is 14.4 Å². The Morgan fingerprint density at radius 3 is 3.00 bits per heavy atom. The maximum Gasteiger partial charge on any atom is 0.218 e. The molecule has 3 heterocycles. The van der Waals surface area contributed by atoms with Gasteiger partial charge in [0.15, 0.2) is 0 Å². The lowest BCUT2D eigenvalue weighted by atomic mass is 9.93. The number of aromatic nitrogens is 2. The number of anilines is 1. The van der Waals surface area contributed by atoms with Crippen LogP contribution in [0.4, 0.5) is 5.82 Å². The third kappa shape index (κ3) is 3.31. The molecule has 9 heteroatoms. The summed E-state index contributed by atoms with van der Waals surface area (Å²) in [4.78, 5) is 10.4. The lowest BCUT2D eigenvalue weighted by molar-refractivity contribution is 0.111. The van der Waals surface area contributed by atoms with Gasteiger partial charge in [-0.05, 0) is 0 Å². The molecule has 0 aromatic carbocycles. The summed E-state index contributed by atoms with van der Waals surface area (Å²) in [5.41, 5.74) is 0. The zero-order chi connectivity index (χ0) is 15.7. The first-order chi connectivity index (χ1) is 10.5.